The van der Waals surface area contributed by atoms with E-state index in [0.29, 0.717) is 19.6 Å². The van der Waals surface area contributed by atoms with Gasteiger partial charge in [-0.3, -0.25) is 4.79 Å². The van der Waals surface area contributed by atoms with Gasteiger partial charge in [0.2, 0.25) is 5.91 Å². The molecule has 34 heavy (non-hydrogen) atoms. The molecule has 4 heteroatoms. The first-order valence-corrected chi connectivity index (χ1v) is 12.1. The minimum absolute atomic E-state index is 0.0947. The van der Waals surface area contributed by atoms with Crippen LogP contribution in [0.15, 0.2) is 72.9 Å². The molecule has 0 aliphatic heterocycles. The number of para-hydroxylation sites is 1. The van der Waals surface area contributed by atoms with Crippen molar-refractivity contribution in [3.8, 4) is 5.75 Å². The van der Waals surface area contributed by atoms with E-state index < -0.39 is 0 Å². The van der Waals surface area contributed by atoms with Crippen LogP contribution in [0.25, 0.3) is 10.9 Å². The molecule has 0 unspecified atom stereocenters. The number of fused-ring (bicyclic) bond motifs is 1. The second kappa shape index (κ2) is 11.1. The van der Waals surface area contributed by atoms with Gasteiger partial charge in [-0.1, -0.05) is 54.1 Å². The van der Waals surface area contributed by atoms with Gasteiger partial charge in [0.1, 0.15) is 5.75 Å². The lowest BCUT2D eigenvalue weighted by Crippen LogP contribution is -2.25. The van der Waals surface area contributed by atoms with E-state index in [2.05, 4.69) is 84.5 Å². The van der Waals surface area contributed by atoms with Gasteiger partial charge >= 0.3 is 0 Å². The standard InChI is InChI=1S/C30H34N2O2/c1-4-34-27-14-11-24(12-15-27)17-18-31-30(33)16-13-25-20-32(29-8-6-5-7-28(25)29)21-26-19-22(2)9-10-23(26)3/h5-12,14-15,19-20H,4,13,16-18,21H2,1-3H3,(H,31,33). The molecule has 3 aromatic carbocycles. The van der Waals surface area contributed by atoms with Crippen molar-refractivity contribution in [3.63, 3.8) is 0 Å². The molecule has 0 radical (unpaired) electrons. The Morgan fingerprint density at radius 3 is 2.53 bits per heavy atom. The van der Waals surface area contributed by atoms with E-state index in [1.165, 1.54) is 38.7 Å². The number of carbonyl (C=O) groups is 1. The molecule has 1 N–H and O–H groups in total. The van der Waals surface area contributed by atoms with Crippen LogP contribution in [0.5, 0.6) is 5.75 Å². The number of rotatable bonds is 10. The van der Waals surface area contributed by atoms with Gasteiger partial charge in [0.05, 0.1) is 6.61 Å². The van der Waals surface area contributed by atoms with Crippen molar-refractivity contribution < 1.29 is 9.53 Å². The number of aromatic nitrogens is 1. The molecular formula is C30H34N2O2. The highest BCUT2D eigenvalue weighted by atomic mass is 16.5. The van der Waals surface area contributed by atoms with Crippen LogP contribution in [0.1, 0.15) is 41.2 Å². The highest BCUT2D eigenvalue weighted by Crippen LogP contribution is 2.24. The fraction of sp³-hybridized carbons (Fsp3) is 0.300. The number of hydrogen-bond donors (Lipinski definition) is 1. The van der Waals surface area contributed by atoms with Crippen LogP contribution in [-0.4, -0.2) is 23.6 Å². The Balaban J connectivity index is 1.35. The summed E-state index contributed by atoms with van der Waals surface area (Å²) in [6, 6.07) is 23.2. The van der Waals surface area contributed by atoms with E-state index in [9.17, 15) is 4.79 Å². The normalized spacial score (nSPS) is 11.0. The molecule has 0 atom stereocenters. The molecule has 176 valence electrons. The number of nitrogens with one attached hydrogen (secondary N) is 1. The summed E-state index contributed by atoms with van der Waals surface area (Å²) in [6.07, 6.45) is 4.25. The molecule has 0 aliphatic rings. The van der Waals surface area contributed by atoms with Crippen LogP contribution in [-0.2, 0) is 24.2 Å². The van der Waals surface area contributed by atoms with Gasteiger partial charge in [-0.05, 0) is 74.1 Å². The fourth-order valence-electron chi connectivity index (χ4n) is 4.41. The number of amides is 1. The number of hydrogen-bond acceptors (Lipinski definition) is 2. The van der Waals surface area contributed by atoms with Crippen molar-refractivity contribution in [2.24, 2.45) is 0 Å². The molecule has 0 spiro atoms. The van der Waals surface area contributed by atoms with E-state index >= 15 is 0 Å². The Morgan fingerprint density at radius 2 is 1.74 bits per heavy atom. The molecule has 4 nitrogen and oxygen atoms in total. The second-order valence-electron chi connectivity index (χ2n) is 8.91. The van der Waals surface area contributed by atoms with E-state index in [4.69, 9.17) is 4.74 Å². The Morgan fingerprint density at radius 1 is 0.941 bits per heavy atom. The summed E-state index contributed by atoms with van der Waals surface area (Å²) in [5, 5.41) is 4.30. The molecule has 1 amide bonds. The van der Waals surface area contributed by atoms with Crippen molar-refractivity contribution in [2.45, 2.75) is 46.6 Å². The maximum atomic E-state index is 12.5. The summed E-state index contributed by atoms with van der Waals surface area (Å²) in [5.41, 5.74) is 7.55. The number of aryl methyl sites for hydroxylation is 3. The Bertz CT molecular complexity index is 1250. The van der Waals surface area contributed by atoms with Crippen LogP contribution in [0.2, 0.25) is 0 Å². The van der Waals surface area contributed by atoms with Crippen LogP contribution < -0.4 is 10.1 Å². The average Bonchev–Trinajstić information content (AvgIpc) is 3.19. The topological polar surface area (TPSA) is 43.3 Å². The summed E-state index contributed by atoms with van der Waals surface area (Å²) in [7, 11) is 0. The third-order valence-corrected chi connectivity index (χ3v) is 6.31. The van der Waals surface area contributed by atoms with Crippen LogP contribution >= 0.6 is 0 Å². The molecule has 0 aliphatic carbocycles. The van der Waals surface area contributed by atoms with Crippen molar-refractivity contribution in [2.75, 3.05) is 13.2 Å². The first-order valence-electron chi connectivity index (χ1n) is 12.1. The summed E-state index contributed by atoms with van der Waals surface area (Å²) >= 11 is 0. The summed E-state index contributed by atoms with van der Waals surface area (Å²) in [6.45, 7) is 8.42. The van der Waals surface area contributed by atoms with Crippen molar-refractivity contribution in [3.05, 3.63) is 101 Å². The maximum Gasteiger partial charge on any atom is 0.220 e. The van der Waals surface area contributed by atoms with Crippen molar-refractivity contribution >= 4 is 16.8 Å². The van der Waals surface area contributed by atoms with Gasteiger partial charge in [0, 0.05) is 36.6 Å². The van der Waals surface area contributed by atoms with Gasteiger partial charge in [-0.15, -0.1) is 0 Å². The van der Waals surface area contributed by atoms with Gasteiger partial charge in [0.15, 0.2) is 0 Å². The second-order valence-corrected chi connectivity index (χ2v) is 8.91. The predicted octanol–water partition coefficient (Wildman–Crippen LogP) is 6.00. The molecule has 0 bridgehead atoms. The monoisotopic (exact) mass is 454 g/mol. The van der Waals surface area contributed by atoms with E-state index in [1.807, 2.05) is 19.1 Å². The molecule has 0 fully saturated rings. The van der Waals surface area contributed by atoms with Crippen molar-refractivity contribution in [1.82, 2.24) is 9.88 Å². The van der Waals surface area contributed by atoms with Crippen LogP contribution in [0.4, 0.5) is 0 Å². The van der Waals surface area contributed by atoms with Gasteiger partial charge in [0.25, 0.3) is 0 Å². The lowest BCUT2D eigenvalue weighted by Gasteiger charge is -2.10. The summed E-state index contributed by atoms with van der Waals surface area (Å²) < 4.78 is 7.80. The Hall–Kier alpha value is -3.53. The third-order valence-electron chi connectivity index (χ3n) is 6.31. The number of benzene rings is 3. The fourth-order valence-corrected chi connectivity index (χ4v) is 4.41. The lowest BCUT2D eigenvalue weighted by molar-refractivity contribution is -0.121. The zero-order valence-electron chi connectivity index (χ0n) is 20.4. The third kappa shape index (κ3) is 5.88. The van der Waals surface area contributed by atoms with E-state index in [1.54, 1.807) is 0 Å². The Labute approximate surface area is 202 Å². The maximum absolute atomic E-state index is 12.5. The number of nitrogens with zero attached hydrogens (tertiary/aromatic N) is 1. The summed E-state index contributed by atoms with van der Waals surface area (Å²) in [5.74, 6) is 0.976. The first-order chi connectivity index (χ1) is 16.5. The SMILES string of the molecule is CCOc1ccc(CCNC(=O)CCc2cn(Cc3cc(C)ccc3C)c3ccccc23)cc1. The minimum atomic E-state index is 0.0947. The van der Waals surface area contributed by atoms with E-state index in [0.717, 1.165) is 25.1 Å². The highest BCUT2D eigenvalue weighted by Gasteiger charge is 2.11. The lowest BCUT2D eigenvalue weighted by atomic mass is 10.1. The van der Waals surface area contributed by atoms with Crippen LogP contribution in [0, 0.1) is 13.8 Å². The van der Waals surface area contributed by atoms with Crippen molar-refractivity contribution in [1.29, 1.82) is 0 Å². The number of ether oxygens (including phenoxy) is 1. The quantitative estimate of drug-likeness (QED) is 0.319. The number of carbonyl (C=O) groups excluding carboxylic acids is 1. The molecule has 1 heterocycles. The largest absolute Gasteiger partial charge is 0.494 e. The predicted molar refractivity (Wildman–Crippen MR) is 140 cm³/mol. The average molecular weight is 455 g/mol. The molecule has 4 aromatic rings. The molecule has 4 rings (SSSR count). The minimum Gasteiger partial charge on any atom is -0.494 e. The first kappa shape index (κ1) is 23.6. The Kier molecular flexibility index (Phi) is 7.69. The molecule has 0 saturated carbocycles. The molecule has 1 aromatic heterocycles. The zero-order chi connectivity index (χ0) is 23.9. The zero-order valence-corrected chi connectivity index (χ0v) is 20.4. The molecule has 0 saturated heterocycles. The molecular weight excluding hydrogens is 420 g/mol. The smallest absolute Gasteiger partial charge is 0.220 e. The summed E-state index contributed by atoms with van der Waals surface area (Å²) in [4.78, 5) is 12.5. The van der Waals surface area contributed by atoms with Crippen LogP contribution in [0.3, 0.4) is 0 Å². The van der Waals surface area contributed by atoms with Gasteiger partial charge in [-0.25, -0.2) is 0 Å². The van der Waals surface area contributed by atoms with Gasteiger partial charge in [-0.2, -0.15) is 0 Å². The highest BCUT2D eigenvalue weighted by molar-refractivity contribution is 5.85. The van der Waals surface area contributed by atoms with Gasteiger partial charge < -0.3 is 14.6 Å². The van der Waals surface area contributed by atoms with E-state index in [-0.39, 0.29) is 5.91 Å².